The van der Waals surface area contributed by atoms with E-state index in [0.717, 1.165) is 5.69 Å². The summed E-state index contributed by atoms with van der Waals surface area (Å²) in [6.45, 7) is 6.85. The third-order valence-corrected chi connectivity index (χ3v) is 3.99. The average molecular weight is 335 g/mol. The molecule has 1 aromatic heterocycles. The number of hydrogen-bond acceptors (Lipinski definition) is 4. The third-order valence-electron chi connectivity index (χ3n) is 3.74. The van der Waals surface area contributed by atoms with E-state index in [1.165, 1.54) is 0 Å². The molecule has 1 amide bonds. The standard InChI is InChI=1S/C16H19ClN4O2/c1-10-8-20(9-11(2)23-10)16(22)15-18-12(3)21(19-15)14-6-4-13(17)5-7-14/h4-7,10-11H,8-9H2,1-3H3. The highest BCUT2D eigenvalue weighted by Gasteiger charge is 2.29. The lowest BCUT2D eigenvalue weighted by molar-refractivity contribution is -0.0588. The molecule has 0 N–H and O–H groups in total. The number of hydrogen-bond donors (Lipinski definition) is 0. The number of nitrogens with zero attached hydrogens (tertiary/aromatic N) is 4. The van der Waals surface area contributed by atoms with Crippen molar-refractivity contribution in [1.29, 1.82) is 0 Å². The largest absolute Gasteiger partial charge is 0.372 e. The van der Waals surface area contributed by atoms with Gasteiger partial charge in [0.15, 0.2) is 0 Å². The van der Waals surface area contributed by atoms with Gasteiger partial charge in [0.1, 0.15) is 5.82 Å². The van der Waals surface area contributed by atoms with E-state index in [1.54, 1.807) is 21.7 Å². The van der Waals surface area contributed by atoms with Crippen molar-refractivity contribution in [2.75, 3.05) is 13.1 Å². The van der Waals surface area contributed by atoms with E-state index >= 15 is 0 Å². The molecule has 2 unspecified atom stereocenters. The number of benzene rings is 1. The normalized spacial score (nSPS) is 21.5. The molecule has 0 spiro atoms. The summed E-state index contributed by atoms with van der Waals surface area (Å²) in [7, 11) is 0. The second-order valence-electron chi connectivity index (χ2n) is 5.84. The topological polar surface area (TPSA) is 60.3 Å². The van der Waals surface area contributed by atoms with Gasteiger partial charge >= 0.3 is 0 Å². The molecule has 7 heteroatoms. The first-order valence-electron chi connectivity index (χ1n) is 7.58. The van der Waals surface area contributed by atoms with Crippen molar-refractivity contribution in [2.45, 2.75) is 33.0 Å². The van der Waals surface area contributed by atoms with Gasteiger partial charge in [-0.3, -0.25) is 4.79 Å². The molecular formula is C16H19ClN4O2. The molecule has 3 rings (SSSR count). The Balaban J connectivity index is 1.85. The van der Waals surface area contributed by atoms with Crippen molar-refractivity contribution in [2.24, 2.45) is 0 Å². The predicted molar refractivity (Wildman–Crippen MR) is 87.0 cm³/mol. The molecule has 23 heavy (non-hydrogen) atoms. The number of morpholine rings is 1. The van der Waals surface area contributed by atoms with Crippen LogP contribution in [0, 0.1) is 6.92 Å². The van der Waals surface area contributed by atoms with E-state index in [4.69, 9.17) is 16.3 Å². The summed E-state index contributed by atoms with van der Waals surface area (Å²) in [6.07, 6.45) is 0.0318. The van der Waals surface area contributed by atoms with Crippen LogP contribution in [-0.2, 0) is 4.74 Å². The van der Waals surface area contributed by atoms with Gasteiger partial charge in [-0.15, -0.1) is 5.10 Å². The lowest BCUT2D eigenvalue weighted by Gasteiger charge is -2.34. The number of carbonyl (C=O) groups excluding carboxylic acids is 1. The zero-order valence-electron chi connectivity index (χ0n) is 13.4. The lowest BCUT2D eigenvalue weighted by Crippen LogP contribution is -2.48. The molecule has 2 atom stereocenters. The Hall–Kier alpha value is -1.92. The minimum atomic E-state index is -0.164. The van der Waals surface area contributed by atoms with Crippen LogP contribution >= 0.6 is 11.6 Å². The second kappa shape index (κ2) is 6.29. The Morgan fingerprint density at radius 2 is 1.83 bits per heavy atom. The molecule has 0 bridgehead atoms. The summed E-state index contributed by atoms with van der Waals surface area (Å²) in [4.78, 5) is 18.7. The van der Waals surface area contributed by atoms with Gasteiger partial charge in [0.2, 0.25) is 5.82 Å². The van der Waals surface area contributed by atoms with Crippen LogP contribution in [0.25, 0.3) is 5.69 Å². The molecule has 6 nitrogen and oxygen atoms in total. The van der Waals surface area contributed by atoms with Crippen LogP contribution in [-0.4, -0.2) is 50.9 Å². The third kappa shape index (κ3) is 3.38. The molecule has 1 saturated heterocycles. The molecule has 1 aliphatic heterocycles. The van der Waals surface area contributed by atoms with Crippen molar-refractivity contribution in [3.63, 3.8) is 0 Å². The van der Waals surface area contributed by atoms with E-state index in [0.29, 0.717) is 23.9 Å². The molecule has 2 aromatic rings. The van der Waals surface area contributed by atoms with Gasteiger partial charge in [-0.1, -0.05) is 11.6 Å². The van der Waals surface area contributed by atoms with Crippen LogP contribution in [0.15, 0.2) is 24.3 Å². The van der Waals surface area contributed by atoms with Crippen LogP contribution < -0.4 is 0 Å². The van der Waals surface area contributed by atoms with Gasteiger partial charge < -0.3 is 9.64 Å². The van der Waals surface area contributed by atoms with E-state index in [1.807, 2.05) is 32.9 Å². The maximum Gasteiger partial charge on any atom is 0.293 e. The summed E-state index contributed by atoms with van der Waals surface area (Å²) in [5.41, 5.74) is 0.821. The van der Waals surface area contributed by atoms with Gasteiger partial charge in [-0.25, -0.2) is 9.67 Å². The molecular weight excluding hydrogens is 316 g/mol. The van der Waals surface area contributed by atoms with Crippen molar-refractivity contribution in [3.8, 4) is 5.69 Å². The van der Waals surface area contributed by atoms with E-state index in [-0.39, 0.29) is 23.9 Å². The Morgan fingerprint density at radius 1 is 1.22 bits per heavy atom. The molecule has 1 aliphatic rings. The molecule has 1 aromatic carbocycles. The maximum atomic E-state index is 12.7. The first-order chi connectivity index (χ1) is 10.9. The Bertz CT molecular complexity index is 703. The first-order valence-corrected chi connectivity index (χ1v) is 7.96. The summed E-state index contributed by atoms with van der Waals surface area (Å²) in [5, 5.41) is 5.02. The number of halogens is 1. The Morgan fingerprint density at radius 3 is 2.43 bits per heavy atom. The monoisotopic (exact) mass is 334 g/mol. The predicted octanol–water partition coefficient (Wildman–Crippen LogP) is 2.48. The highest BCUT2D eigenvalue weighted by atomic mass is 35.5. The lowest BCUT2D eigenvalue weighted by atomic mass is 10.2. The SMILES string of the molecule is Cc1nc(C(=O)N2CC(C)OC(C)C2)nn1-c1ccc(Cl)cc1. The van der Waals surface area contributed by atoms with Crippen LogP contribution in [0.2, 0.25) is 5.02 Å². The molecule has 2 heterocycles. The Kier molecular flexibility index (Phi) is 4.37. The molecule has 122 valence electrons. The highest BCUT2D eigenvalue weighted by molar-refractivity contribution is 6.30. The van der Waals surface area contributed by atoms with Crippen molar-refractivity contribution in [1.82, 2.24) is 19.7 Å². The smallest absolute Gasteiger partial charge is 0.293 e. The van der Waals surface area contributed by atoms with Crippen LogP contribution in [0.3, 0.4) is 0 Å². The zero-order chi connectivity index (χ0) is 16.6. The van der Waals surface area contributed by atoms with E-state index < -0.39 is 0 Å². The number of aromatic nitrogens is 3. The molecule has 0 radical (unpaired) electrons. The summed E-state index contributed by atoms with van der Waals surface area (Å²) in [5.74, 6) is 0.701. The van der Waals surface area contributed by atoms with Crippen LogP contribution in [0.4, 0.5) is 0 Å². The van der Waals surface area contributed by atoms with Crippen LogP contribution in [0.1, 0.15) is 30.3 Å². The summed E-state index contributed by atoms with van der Waals surface area (Å²) >= 11 is 5.91. The fourth-order valence-corrected chi connectivity index (χ4v) is 2.92. The van der Waals surface area contributed by atoms with E-state index in [9.17, 15) is 4.79 Å². The second-order valence-corrected chi connectivity index (χ2v) is 6.27. The number of carbonyl (C=O) groups is 1. The fraction of sp³-hybridized carbons (Fsp3) is 0.438. The minimum Gasteiger partial charge on any atom is -0.372 e. The highest BCUT2D eigenvalue weighted by Crippen LogP contribution is 2.16. The van der Waals surface area contributed by atoms with Gasteiger partial charge in [-0.2, -0.15) is 0 Å². The van der Waals surface area contributed by atoms with Gasteiger partial charge in [0.05, 0.1) is 17.9 Å². The quantitative estimate of drug-likeness (QED) is 0.846. The van der Waals surface area contributed by atoms with Crippen LogP contribution in [0.5, 0.6) is 0 Å². The molecule has 1 fully saturated rings. The summed E-state index contributed by atoms with van der Waals surface area (Å²) in [6, 6.07) is 7.25. The fourth-order valence-electron chi connectivity index (χ4n) is 2.79. The Labute approximate surface area is 140 Å². The minimum absolute atomic E-state index is 0.0159. The van der Waals surface area contributed by atoms with Crippen molar-refractivity contribution < 1.29 is 9.53 Å². The summed E-state index contributed by atoms with van der Waals surface area (Å²) < 4.78 is 7.31. The number of rotatable bonds is 2. The number of amides is 1. The molecule has 0 saturated carbocycles. The van der Waals surface area contributed by atoms with Crippen molar-refractivity contribution in [3.05, 3.63) is 40.9 Å². The molecule has 0 aliphatic carbocycles. The van der Waals surface area contributed by atoms with E-state index in [2.05, 4.69) is 10.1 Å². The maximum absolute atomic E-state index is 12.7. The van der Waals surface area contributed by atoms with Gasteiger partial charge in [-0.05, 0) is 45.0 Å². The van der Waals surface area contributed by atoms with Gasteiger partial charge in [0.25, 0.3) is 5.91 Å². The van der Waals surface area contributed by atoms with Crippen molar-refractivity contribution >= 4 is 17.5 Å². The number of aryl methyl sites for hydroxylation is 1. The number of ether oxygens (including phenoxy) is 1. The van der Waals surface area contributed by atoms with Gasteiger partial charge in [0, 0.05) is 18.1 Å². The zero-order valence-corrected chi connectivity index (χ0v) is 14.1. The first kappa shape index (κ1) is 16.0. The average Bonchev–Trinajstić information content (AvgIpc) is 2.88.